The summed E-state index contributed by atoms with van der Waals surface area (Å²) in [5.41, 5.74) is 0.380. The van der Waals surface area contributed by atoms with Crippen LogP contribution in [0.25, 0.3) is 0 Å². The van der Waals surface area contributed by atoms with Gasteiger partial charge in [-0.25, -0.2) is 8.42 Å². The number of amides is 1. The van der Waals surface area contributed by atoms with E-state index in [1.54, 1.807) is 42.5 Å². The second-order valence-electron chi connectivity index (χ2n) is 7.02. The Labute approximate surface area is 187 Å². The number of nitrogens with one attached hydrogen (secondary N) is 1. The fourth-order valence-electron chi connectivity index (χ4n) is 3.37. The standard InChI is InChI=1S/C21H26ClN3O5S/c1-29-17-4-6-18(7-5-17)31(27,28)25-13-11-24(12-14-25)10-9-23-21(26)19-15-16(22)3-8-20(19)30-2/h3-8,15H,9-14H2,1-2H3,(H,23,26). The molecule has 0 saturated carbocycles. The van der Waals surface area contributed by atoms with Crippen molar-refractivity contribution in [1.82, 2.24) is 14.5 Å². The second kappa shape index (κ2) is 10.3. The summed E-state index contributed by atoms with van der Waals surface area (Å²) >= 11 is 5.98. The van der Waals surface area contributed by atoms with E-state index in [1.807, 2.05) is 0 Å². The number of benzene rings is 2. The summed E-state index contributed by atoms with van der Waals surface area (Å²) in [7, 11) is -0.499. The van der Waals surface area contributed by atoms with Crippen LogP contribution >= 0.6 is 11.6 Å². The van der Waals surface area contributed by atoms with E-state index < -0.39 is 10.0 Å². The summed E-state index contributed by atoms with van der Waals surface area (Å²) in [6, 6.07) is 11.3. The van der Waals surface area contributed by atoms with E-state index in [9.17, 15) is 13.2 Å². The van der Waals surface area contributed by atoms with E-state index in [2.05, 4.69) is 10.2 Å². The highest BCUT2D eigenvalue weighted by atomic mass is 35.5. The predicted octanol–water partition coefficient (Wildman–Crippen LogP) is 2.09. The Kier molecular flexibility index (Phi) is 7.77. The van der Waals surface area contributed by atoms with Gasteiger partial charge in [-0.05, 0) is 42.5 Å². The minimum atomic E-state index is -3.54. The van der Waals surface area contributed by atoms with Crippen LogP contribution in [0.15, 0.2) is 47.4 Å². The molecule has 0 atom stereocenters. The molecule has 168 valence electrons. The van der Waals surface area contributed by atoms with Gasteiger partial charge in [0.25, 0.3) is 5.91 Å². The molecule has 0 bridgehead atoms. The molecule has 1 amide bonds. The predicted molar refractivity (Wildman–Crippen MR) is 119 cm³/mol. The number of hydrogen-bond donors (Lipinski definition) is 1. The van der Waals surface area contributed by atoms with Gasteiger partial charge in [-0.1, -0.05) is 11.6 Å². The molecule has 1 saturated heterocycles. The molecule has 0 aromatic heterocycles. The van der Waals surface area contributed by atoms with Crippen LogP contribution in [0.2, 0.25) is 5.02 Å². The molecule has 0 spiro atoms. The Hall–Kier alpha value is -2.33. The molecule has 1 aliphatic rings. The van der Waals surface area contributed by atoms with Gasteiger partial charge in [-0.15, -0.1) is 0 Å². The smallest absolute Gasteiger partial charge is 0.255 e. The largest absolute Gasteiger partial charge is 0.497 e. The molecule has 1 N–H and O–H groups in total. The van der Waals surface area contributed by atoms with Crippen molar-refractivity contribution in [2.45, 2.75) is 4.90 Å². The van der Waals surface area contributed by atoms with Crippen molar-refractivity contribution in [3.63, 3.8) is 0 Å². The lowest BCUT2D eigenvalue weighted by atomic mass is 10.2. The summed E-state index contributed by atoms with van der Waals surface area (Å²) in [6.45, 7) is 3.01. The number of nitrogens with zero attached hydrogens (tertiary/aromatic N) is 2. The summed E-state index contributed by atoms with van der Waals surface area (Å²) < 4.78 is 37.4. The molecule has 2 aromatic carbocycles. The number of sulfonamides is 1. The highest BCUT2D eigenvalue weighted by Crippen LogP contribution is 2.23. The number of ether oxygens (including phenoxy) is 2. The van der Waals surface area contributed by atoms with Crippen molar-refractivity contribution in [2.24, 2.45) is 0 Å². The average Bonchev–Trinajstić information content (AvgIpc) is 2.79. The van der Waals surface area contributed by atoms with E-state index in [4.69, 9.17) is 21.1 Å². The second-order valence-corrected chi connectivity index (χ2v) is 9.40. The summed E-state index contributed by atoms with van der Waals surface area (Å²) in [5, 5.41) is 3.32. The summed E-state index contributed by atoms with van der Waals surface area (Å²) in [6.07, 6.45) is 0. The normalized spacial score (nSPS) is 15.5. The first-order valence-electron chi connectivity index (χ1n) is 9.83. The van der Waals surface area contributed by atoms with E-state index >= 15 is 0 Å². The lowest BCUT2D eigenvalue weighted by Gasteiger charge is -2.34. The molecule has 2 aromatic rings. The Morgan fingerprint density at radius 3 is 2.32 bits per heavy atom. The highest BCUT2D eigenvalue weighted by Gasteiger charge is 2.28. The van der Waals surface area contributed by atoms with E-state index in [-0.39, 0.29) is 10.8 Å². The third-order valence-corrected chi connectivity index (χ3v) is 7.30. The lowest BCUT2D eigenvalue weighted by molar-refractivity contribution is 0.0942. The van der Waals surface area contributed by atoms with Crippen molar-refractivity contribution in [2.75, 3.05) is 53.5 Å². The number of piperazine rings is 1. The van der Waals surface area contributed by atoms with Crippen LogP contribution in [0.4, 0.5) is 0 Å². The maximum absolute atomic E-state index is 12.8. The molecule has 3 rings (SSSR count). The van der Waals surface area contributed by atoms with Gasteiger partial charge in [-0.3, -0.25) is 9.69 Å². The number of halogens is 1. The Bertz CT molecular complexity index is 1010. The van der Waals surface area contributed by atoms with Crippen LogP contribution in [0, 0.1) is 0 Å². The van der Waals surface area contributed by atoms with Gasteiger partial charge < -0.3 is 14.8 Å². The van der Waals surface area contributed by atoms with Gasteiger partial charge in [0, 0.05) is 44.3 Å². The van der Waals surface area contributed by atoms with Gasteiger partial charge in [-0.2, -0.15) is 4.31 Å². The van der Waals surface area contributed by atoms with Crippen LogP contribution in [0.3, 0.4) is 0 Å². The van der Waals surface area contributed by atoms with Crippen LogP contribution in [0.1, 0.15) is 10.4 Å². The van der Waals surface area contributed by atoms with Crippen LogP contribution in [-0.2, 0) is 10.0 Å². The minimum absolute atomic E-state index is 0.254. The maximum atomic E-state index is 12.8. The summed E-state index contributed by atoms with van der Waals surface area (Å²) in [4.78, 5) is 14.8. The van der Waals surface area contributed by atoms with Crippen molar-refractivity contribution in [3.8, 4) is 11.5 Å². The minimum Gasteiger partial charge on any atom is -0.497 e. The van der Waals surface area contributed by atoms with Gasteiger partial charge >= 0.3 is 0 Å². The van der Waals surface area contributed by atoms with E-state index in [0.29, 0.717) is 61.4 Å². The number of carbonyl (C=O) groups excluding carboxylic acids is 1. The fourth-order valence-corrected chi connectivity index (χ4v) is 4.96. The zero-order valence-electron chi connectivity index (χ0n) is 17.5. The third-order valence-electron chi connectivity index (χ3n) is 5.15. The third kappa shape index (κ3) is 5.68. The molecular formula is C21H26ClN3O5S. The monoisotopic (exact) mass is 467 g/mol. The van der Waals surface area contributed by atoms with Gasteiger partial charge in [0.15, 0.2) is 0 Å². The van der Waals surface area contributed by atoms with Crippen LogP contribution in [-0.4, -0.2) is 77.0 Å². The molecule has 0 aliphatic carbocycles. The van der Waals surface area contributed by atoms with Crippen LogP contribution in [0.5, 0.6) is 11.5 Å². The van der Waals surface area contributed by atoms with Gasteiger partial charge in [0.2, 0.25) is 10.0 Å². The fraction of sp³-hybridized carbons (Fsp3) is 0.381. The molecule has 1 aliphatic heterocycles. The molecule has 0 unspecified atom stereocenters. The van der Waals surface area contributed by atoms with Gasteiger partial charge in [0.05, 0.1) is 24.7 Å². The number of hydrogen-bond acceptors (Lipinski definition) is 6. The number of rotatable bonds is 8. The first-order valence-corrected chi connectivity index (χ1v) is 11.7. The van der Waals surface area contributed by atoms with E-state index in [1.165, 1.54) is 18.5 Å². The average molecular weight is 468 g/mol. The van der Waals surface area contributed by atoms with Crippen molar-refractivity contribution >= 4 is 27.5 Å². The summed E-state index contributed by atoms with van der Waals surface area (Å²) in [5.74, 6) is 0.806. The quantitative estimate of drug-likeness (QED) is 0.639. The lowest BCUT2D eigenvalue weighted by Crippen LogP contribution is -2.50. The molecular weight excluding hydrogens is 442 g/mol. The maximum Gasteiger partial charge on any atom is 0.255 e. The molecule has 1 heterocycles. The number of methoxy groups -OCH3 is 2. The van der Waals surface area contributed by atoms with E-state index in [0.717, 1.165) is 0 Å². The topological polar surface area (TPSA) is 88.2 Å². The van der Waals surface area contributed by atoms with Crippen molar-refractivity contribution in [3.05, 3.63) is 53.1 Å². The first-order chi connectivity index (χ1) is 14.8. The highest BCUT2D eigenvalue weighted by molar-refractivity contribution is 7.89. The molecule has 31 heavy (non-hydrogen) atoms. The molecule has 8 nitrogen and oxygen atoms in total. The Morgan fingerprint density at radius 2 is 1.71 bits per heavy atom. The number of carbonyl (C=O) groups is 1. The Balaban J connectivity index is 1.49. The first kappa shape index (κ1) is 23.3. The van der Waals surface area contributed by atoms with Crippen molar-refractivity contribution in [1.29, 1.82) is 0 Å². The molecule has 1 fully saturated rings. The molecule has 0 radical (unpaired) electrons. The molecule has 10 heteroatoms. The zero-order valence-corrected chi connectivity index (χ0v) is 19.1. The Morgan fingerprint density at radius 1 is 1.03 bits per heavy atom. The van der Waals surface area contributed by atoms with Crippen molar-refractivity contribution < 1.29 is 22.7 Å². The van der Waals surface area contributed by atoms with Gasteiger partial charge in [0.1, 0.15) is 11.5 Å². The zero-order chi connectivity index (χ0) is 22.4. The van der Waals surface area contributed by atoms with Crippen LogP contribution < -0.4 is 14.8 Å². The SMILES string of the molecule is COc1ccc(S(=O)(=O)N2CCN(CCNC(=O)c3cc(Cl)ccc3OC)CC2)cc1.